The molecule has 0 bridgehead atoms. The van der Waals surface area contributed by atoms with Crippen LogP contribution >= 0.6 is 0 Å². The first-order chi connectivity index (χ1) is 8.10. The molecule has 6 heteroatoms. The number of likely N-dealkylation sites (N-methyl/N-ethyl adjacent to an activating group) is 2. The molecular formula is C11H14N4O2. The molecule has 0 spiro atoms. The van der Waals surface area contributed by atoms with E-state index in [9.17, 15) is 10.1 Å². The number of hydrogen-bond acceptors (Lipinski definition) is 5. The zero-order valence-electron chi connectivity index (χ0n) is 9.80. The highest BCUT2D eigenvalue weighted by atomic mass is 16.6. The summed E-state index contributed by atoms with van der Waals surface area (Å²) in [6.07, 6.45) is 0. The zero-order valence-corrected chi connectivity index (χ0v) is 9.80. The first-order valence-corrected chi connectivity index (χ1v) is 5.14. The predicted octanol–water partition coefficient (Wildman–Crippen LogP) is 1.12. The number of nitriles is 1. The third-order valence-electron chi connectivity index (χ3n) is 2.41. The highest BCUT2D eigenvalue weighted by molar-refractivity contribution is 5.65. The molecule has 6 nitrogen and oxygen atoms in total. The first-order valence-electron chi connectivity index (χ1n) is 5.14. The van der Waals surface area contributed by atoms with Crippen molar-refractivity contribution in [3.8, 4) is 6.07 Å². The molecule has 0 aliphatic rings. The Morgan fingerprint density at radius 2 is 2.29 bits per heavy atom. The van der Waals surface area contributed by atoms with E-state index in [1.807, 2.05) is 13.1 Å². The molecule has 1 aromatic rings. The Bertz CT molecular complexity index is 453. The number of nitrogens with zero attached hydrogens (tertiary/aromatic N) is 3. The number of benzene rings is 1. The van der Waals surface area contributed by atoms with Crippen molar-refractivity contribution in [2.75, 3.05) is 32.1 Å². The maximum absolute atomic E-state index is 10.9. The highest BCUT2D eigenvalue weighted by Crippen LogP contribution is 2.27. The minimum absolute atomic E-state index is 0.0392. The summed E-state index contributed by atoms with van der Waals surface area (Å²) in [5.74, 6) is 0. The van der Waals surface area contributed by atoms with E-state index < -0.39 is 4.92 Å². The summed E-state index contributed by atoms with van der Waals surface area (Å²) in [5.41, 5.74) is 0.773. The highest BCUT2D eigenvalue weighted by Gasteiger charge is 2.17. The van der Waals surface area contributed by atoms with Crippen LogP contribution in [0.15, 0.2) is 18.2 Å². The Morgan fingerprint density at radius 3 is 2.82 bits per heavy atom. The number of hydrogen-bond donors (Lipinski definition) is 1. The molecular weight excluding hydrogens is 220 g/mol. The number of nitrogens with one attached hydrogen (secondary N) is 1. The summed E-state index contributed by atoms with van der Waals surface area (Å²) in [5, 5.41) is 22.6. The van der Waals surface area contributed by atoms with Crippen LogP contribution < -0.4 is 10.2 Å². The second kappa shape index (κ2) is 5.82. The van der Waals surface area contributed by atoms with Crippen LogP contribution in [-0.2, 0) is 0 Å². The van der Waals surface area contributed by atoms with Gasteiger partial charge in [0.05, 0.1) is 16.6 Å². The van der Waals surface area contributed by atoms with Gasteiger partial charge >= 0.3 is 0 Å². The lowest BCUT2D eigenvalue weighted by Gasteiger charge is -2.18. The molecule has 90 valence electrons. The van der Waals surface area contributed by atoms with Crippen molar-refractivity contribution in [3.63, 3.8) is 0 Å². The molecule has 1 rings (SSSR count). The van der Waals surface area contributed by atoms with Gasteiger partial charge < -0.3 is 10.2 Å². The van der Waals surface area contributed by atoms with E-state index in [4.69, 9.17) is 5.26 Å². The van der Waals surface area contributed by atoms with E-state index in [-0.39, 0.29) is 5.69 Å². The van der Waals surface area contributed by atoms with Gasteiger partial charge in [-0.3, -0.25) is 10.1 Å². The average molecular weight is 234 g/mol. The summed E-state index contributed by atoms with van der Waals surface area (Å²) in [7, 11) is 3.60. The lowest BCUT2D eigenvalue weighted by Crippen LogP contribution is -2.27. The molecule has 0 amide bonds. The molecule has 0 aliphatic carbocycles. The van der Waals surface area contributed by atoms with Crippen LogP contribution in [0.2, 0.25) is 0 Å². The van der Waals surface area contributed by atoms with Gasteiger partial charge in [0.2, 0.25) is 0 Å². The number of rotatable bonds is 5. The van der Waals surface area contributed by atoms with E-state index in [2.05, 4.69) is 5.32 Å². The third-order valence-corrected chi connectivity index (χ3v) is 2.41. The summed E-state index contributed by atoms with van der Waals surface area (Å²) < 4.78 is 0. The van der Waals surface area contributed by atoms with Gasteiger partial charge in [0, 0.05) is 26.2 Å². The number of nitro groups is 1. The molecule has 0 aliphatic heterocycles. The summed E-state index contributed by atoms with van der Waals surface area (Å²) in [6, 6.07) is 6.38. The van der Waals surface area contributed by atoms with Crippen molar-refractivity contribution < 1.29 is 4.92 Å². The minimum atomic E-state index is -0.466. The van der Waals surface area contributed by atoms with Crippen LogP contribution in [0.3, 0.4) is 0 Å². The first kappa shape index (κ1) is 12.9. The molecule has 0 atom stereocenters. The molecule has 0 fully saturated rings. The Balaban J connectivity index is 3.06. The topological polar surface area (TPSA) is 82.2 Å². The third kappa shape index (κ3) is 3.16. The van der Waals surface area contributed by atoms with Crippen LogP contribution in [-0.4, -0.2) is 32.1 Å². The van der Waals surface area contributed by atoms with E-state index in [1.54, 1.807) is 24.1 Å². The Labute approximate surface area is 99.6 Å². The summed E-state index contributed by atoms with van der Waals surface area (Å²) >= 11 is 0. The summed E-state index contributed by atoms with van der Waals surface area (Å²) in [4.78, 5) is 12.2. The van der Waals surface area contributed by atoms with Gasteiger partial charge in [-0.15, -0.1) is 0 Å². The van der Waals surface area contributed by atoms with Crippen molar-refractivity contribution in [2.45, 2.75) is 0 Å². The maximum atomic E-state index is 10.9. The van der Waals surface area contributed by atoms with E-state index >= 15 is 0 Å². The van der Waals surface area contributed by atoms with Gasteiger partial charge in [-0.05, 0) is 19.2 Å². The Morgan fingerprint density at radius 1 is 1.59 bits per heavy atom. The average Bonchev–Trinajstić information content (AvgIpc) is 2.35. The van der Waals surface area contributed by atoms with Crippen LogP contribution in [0.5, 0.6) is 0 Å². The fraction of sp³-hybridized carbons (Fsp3) is 0.364. The molecule has 0 radical (unpaired) electrons. The smallest absolute Gasteiger partial charge is 0.293 e. The normalized spacial score (nSPS) is 9.71. The number of nitro benzene ring substituents is 1. The molecule has 0 aromatic heterocycles. The quantitative estimate of drug-likeness (QED) is 0.609. The molecule has 17 heavy (non-hydrogen) atoms. The second-order valence-corrected chi connectivity index (χ2v) is 3.60. The summed E-state index contributed by atoms with van der Waals surface area (Å²) in [6.45, 7) is 1.39. The van der Waals surface area contributed by atoms with E-state index in [0.29, 0.717) is 17.8 Å². The van der Waals surface area contributed by atoms with Gasteiger partial charge in [-0.1, -0.05) is 0 Å². The van der Waals surface area contributed by atoms with Crippen molar-refractivity contribution in [3.05, 3.63) is 33.9 Å². The van der Waals surface area contributed by atoms with Crippen LogP contribution in [0.25, 0.3) is 0 Å². The number of anilines is 1. The lowest BCUT2D eigenvalue weighted by atomic mass is 10.2. The van der Waals surface area contributed by atoms with E-state index in [1.165, 1.54) is 6.07 Å². The van der Waals surface area contributed by atoms with Crippen molar-refractivity contribution in [2.24, 2.45) is 0 Å². The van der Waals surface area contributed by atoms with Gasteiger partial charge in [-0.2, -0.15) is 5.26 Å². The standard InChI is InChI=1S/C11H14N4O2/c1-13-5-6-14(2)10-4-3-9(8-12)7-11(10)15(16)17/h3-4,7,13H,5-6H2,1-2H3. The maximum Gasteiger partial charge on any atom is 0.293 e. The fourth-order valence-electron chi connectivity index (χ4n) is 1.46. The van der Waals surface area contributed by atoms with Crippen molar-refractivity contribution in [1.82, 2.24) is 5.32 Å². The largest absolute Gasteiger partial charge is 0.368 e. The second-order valence-electron chi connectivity index (χ2n) is 3.60. The fourth-order valence-corrected chi connectivity index (χ4v) is 1.46. The molecule has 0 unspecified atom stereocenters. The van der Waals surface area contributed by atoms with Gasteiger partial charge in [0.15, 0.2) is 0 Å². The minimum Gasteiger partial charge on any atom is -0.368 e. The van der Waals surface area contributed by atoms with Crippen LogP contribution in [0.1, 0.15) is 5.56 Å². The molecule has 0 saturated carbocycles. The lowest BCUT2D eigenvalue weighted by molar-refractivity contribution is -0.384. The van der Waals surface area contributed by atoms with Gasteiger partial charge in [-0.25, -0.2) is 0 Å². The van der Waals surface area contributed by atoms with E-state index in [0.717, 1.165) is 6.54 Å². The zero-order chi connectivity index (χ0) is 12.8. The molecule has 0 saturated heterocycles. The van der Waals surface area contributed by atoms with Gasteiger partial charge in [0.25, 0.3) is 5.69 Å². The van der Waals surface area contributed by atoms with Crippen LogP contribution in [0.4, 0.5) is 11.4 Å². The van der Waals surface area contributed by atoms with Crippen LogP contribution in [0, 0.1) is 21.4 Å². The molecule has 0 heterocycles. The predicted molar refractivity (Wildman–Crippen MR) is 65.0 cm³/mol. The monoisotopic (exact) mass is 234 g/mol. The Kier molecular flexibility index (Phi) is 4.43. The SMILES string of the molecule is CNCCN(C)c1ccc(C#N)cc1[N+](=O)[O-]. The molecule has 1 N–H and O–H groups in total. The van der Waals surface area contributed by atoms with Crippen molar-refractivity contribution >= 4 is 11.4 Å². The van der Waals surface area contributed by atoms with Crippen molar-refractivity contribution in [1.29, 1.82) is 5.26 Å². The molecule has 1 aromatic carbocycles. The van der Waals surface area contributed by atoms with Gasteiger partial charge in [0.1, 0.15) is 5.69 Å². The Hall–Kier alpha value is -2.13.